The first-order valence-corrected chi connectivity index (χ1v) is 12.4. The first-order chi connectivity index (χ1) is 14.7. The second kappa shape index (κ2) is 9.01. The lowest BCUT2D eigenvalue weighted by molar-refractivity contribution is 0.278. The fourth-order valence-corrected chi connectivity index (χ4v) is 5.99. The van der Waals surface area contributed by atoms with Gasteiger partial charge in [-0.05, 0) is 100 Å². The molecule has 0 aromatic heterocycles. The summed E-state index contributed by atoms with van der Waals surface area (Å²) in [4.78, 5) is 0. The van der Waals surface area contributed by atoms with Crippen molar-refractivity contribution in [3.05, 3.63) is 57.6 Å². The molecule has 0 saturated carbocycles. The minimum atomic E-state index is -0.130. The maximum atomic E-state index is 10.8. The molecular formula is C31H48O2. The lowest BCUT2D eigenvalue weighted by Crippen LogP contribution is -2.25. The third-order valence-corrected chi connectivity index (χ3v) is 6.69. The maximum Gasteiger partial charge on any atom is 0.119 e. The van der Waals surface area contributed by atoms with Crippen LogP contribution < -0.4 is 0 Å². The van der Waals surface area contributed by atoms with Crippen LogP contribution in [0.1, 0.15) is 115 Å². The zero-order valence-electron chi connectivity index (χ0n) is 23.3. The van der Waals surface area contributed by atoms with Crippen molar-refractivity contribution in [3.63, 3.8) is 0 Å². The van der Waals surface area contributed by atoms with E-state index in [1.54, 1.807) is 0 Å². The van der Waals surface area contributed by atoms with Gasteiger partial charge in [-0.1, -0.05) is 81.4 Å². The van der Waals surface area contributed by atoms with Crippen molar-refractivity contribution in [1.82, 2.24) is 0 Å². The molecule has 2 rings (SSSR count). The van der Waals surface area contributed by atoms with Gasteiger partial charge >= 0.3 is 0 Å². The summed E-state index contributed by atoms with van der Waals surface area (Å²) in [5, 5.41) is 21.7. The topological polar surface area (TPSA) is 40.5 Å². The summed E-state index contributed by atoms with van der Waals surface area (Å²) in [7, 11) is 0. The van der Waals surface area contributed by atoms with Gasteiger partial charge in [0.1, 0.15) is 11.5 Å². The molecule has 2 aromatic carbocycles. The van der Waals surface area contributed by atoms with Gasteiger partial charge < -0.3 is 10.2 Å². The lowest BCUT2D eigenvalue weighted by atomic mass is 9.71. The second-order valence-corrected chi connectivity index (χ2v) is 14.0. The molecule has 33 heavy (non-hydrogen) atoms. The summed E-state index contributed by atoms with van der Waals surface area (Å²) in [6.07, 6.45) is 2.76. The zero-order chi connectivity index (χ0) is 25.6. The molecule has 184 valence electrons. The van der Waals surface area contributed by atoms with E-state index in [1.165, 1.54) is 11.1 Å². The van der Waals surface area contributed by atoms with Gasteiger partial charge in [-0.2, -0.15) is 0 Å². The molecule has 0 amide bonds. The van der Waals surface area contributed by atoms with Gasteiger partial charge in [-0.3, -0.25) is 0 Å². The van der Waals surface area contributed by atoms with Crippen LogP contribution in [-0.4, -0.2) is 10.2 Å². The van der Waals surface area contributed by atoms with E-state index in [0.29, 0.717) is 11.5 Å². The van der Waals surface area contributed by atoms with Crippen LogP contribution in [0.2, 0.25) is 0 Å². The van der Waals surface area contributed by atoms with Crippen molar-refractivity contribution in [2.45, 2.75) is 113 Å². The summed E-state index contributed by atoms with van der Waals surface area (Å²) in [6.45, 7) is 26.6. The quantitative estimate of drug-likeness (QED) is 0.460. The maximum absolute atomic E-state index is 10.8. The SMILES string of the molecule is Cc1cc(O)c(C(C)(C)CC(C)(C)C)cc1Cc1cc(C(C)(C)CC(C)(C)C)c(O)cc1C. The predicted octanol–water partition coefficient (Wildman–Crippen LogP) is 8.73. The fourth-order valence-electron chi connectivity index (χ4n) is 5.99. The molecule has 0 radical (unpaired) electrons. The van der Waals surface area contributed by atoms with E-state index in [-0.39, 0.29) is 21.7 Å². The Bertz CT molecular complexity index is 914. The van der Waals surface area contributed by atoms with Gasteiger partial charge in [0.15, 0.2) is 0 Å². The third-order valence-electron chi connectivity index (χ3n) is 6.69. The van der Waals surface area contributed by atoms with E-state index in [0.717, 1.165) is 41.5 Å². The number of aryl methyl sites for hydroxylation is 2. The van der Waals surface area contributed by atoms with Crippen molar-refractivity contribution in [3.8, 4) is 11.5 Å². The highest BCUT2D eigenvalue weighted by Crippen LogP contribution is 2.43. The number of hydrogen-bond donors (Lipinski definition) is 2. The summed E-state index contributed by atoms with van der Waals surface area (Å²) in [5.41, 5.74) is 6.78. The van der Waals surface area contributed by atoms with E-state index in [9.17, 15) is 10.2 Å². The van der Waals surface area contributed by atoms with Gasteiger partial charge in [0.05, 0.1) is 0 Å². The van der Waals surface area contributed by atoms with Crippen molar-refractivity contribution < 1.29 is 10.2 Å². The Hall–Kier alpha value is -1.96. The average Bonchev–Trinajstić information content (AvgIpc) is 2.54. The van der Waals surface area contributed by atoms with Gasteiger partial charge in [0.25, 0.3) is 0 Å². The number of phenols is 2. The third kappa shape index (κ3) is 7.01. The zero-order valence-corrected chi connectivity index (χ0v) is 23.3. The molecule has 2 heteroatoms. The smallest absolute Gasteiger partial charge is 0.119 e. The van der Waals surface area contributed by atoms with Crippen molar-refractivity contribution in [2.24, 2.45) is 10.8 Å². The Balaban J connectivity index is 2.53. The number of phenolic OH excluding ortho intramolecular Hbond substituents is 2. The molecule has 0 atom stereocenters. The molecular weight excluding hydrogens is 404 g/mol. The molecule has 2 aromatic rings. The van der Waals surface area contributed by atoms with Crippen LogP contribution >= 0.6 is 0 Å². The average molecular weight is 453 g/mol. The van der Waals surface area contributed by atoms with E-state index < -0.39 is 0 Å². The van der Waals surface area contributed by atoms with Crippen LogP contribution in [0, 0.1) is 24.7 Å². The van der Waals surface area contributed by atoms with Gasteiger partial charge in [0, 0.05) is 0 Å². The number of benzene rings is 2. The lowest BCUT2D eigenvalue weighted by Gasteiger charge is -2.34. The molecule has 0 spiro atoms. The second-order valence-electron chi connectivity index (χ2n) is 14.0. The molecule has 0 aliphatic carbocycles. The highest BCUT2D eigenvalue weighted by Gasteiger charge is 2.31. The predicted molar refractivity (Wildman–Crippen MR) is 143 cm³/mol. The Morgan fingerprint density at radius 2 is 0.848 bits per heavy atom. The number of rotatable bonds is 6. The van der Waals surface area contributed by atoms with Crippen LogP contribution in [0.15, 0.2) is 24.3 Å². The molecule has 2 N–H and O–H groups in total. The molecule has 0 bridgehead atoms. The first-order valence-electron chi connectivity index (χ1n) is 12.4. The Morgan fingerprint density at radius 1 is 0.545 bits per heavy atom. The number of hydrogen-bond acceptors (Lipinski definition) is 2. The summed E-state index contributed by atoms with van der Waals surface area (Å²) < 4.78 is 0. The molecule has 0 saturated heterocycles. The molecule has 2 nitrogen and oxygen atoms in total. The van der Waals surface area contributed by atoms with Crippen molar-refractivity contribution >= 4 is 0 Å². The molecule has 0 aliphatic heterocycles. The fraction of sp³-hybridized carbons (Fsp3) is 0.613. The Morgan fingerprint density at radius 3 is 1.12 bits per heavy atom. The molecule has 0 heterocycles. The normalized spacial score (nSPS) is 13.5. The van der Waals surface area contributed by atoms with Crippen molar-refractivity contribution in [1.29, 1.82) is 0 Å². The Kier molecular flexibility index (Phi) is 7.45. The minimum absolute atomic E-state index is 0.130. The molecule has 0 aliphatic rings. The number of aromatic hydroxyl groups is 2. The minimum Gasteiger partial charge on any atom is -0.508 e. The Labute approximate surface area is 203 Å². The van der Waals surface area contributed by atoms with E-state index in [4.69, 9.17) is 0 Å². The van der Waals surface area contributed by atoms with Crippen LogP contribution in [0.4, 0.5) is 0 Å². The van der Waals surface area contributed by atoms with Crippen LogP contribution in [0.3, 0.4) is 0 Å². The molecule has 0 unspecified atom stereocenters. The summed E-state index contributed by atoms with van der Waals surface area (Å²) in [5.74, 6) is 0.778. The van der Waals surface area contributed by atoms with Gasteiger partial charge in [-0.15, -0.1) is 0 Å². The van der Waals surface area contributed by atoms with Crippen LogP contribution in [-0.2, 0) is 17.3 Å². The summed E-state index contributed by atoms with van der Waals surface area (Å²) in [6, 6.07) is 8.27. The first kappa shape index (κ1) is 27.3. The van der Waals surface area contributed by atoms with E-state index in [1.807, 2.05) is 12.1 Å². The van der Waals surface area contributed by atoms with E-state index in [2.05, 4.69) is 95.2 Å². The highest BCUT2D eigenvalue weighted by molar-refractivity contribution is 5.50. The highest BCUT2D eigenvalue weighted by atomic mass is 16.3. The van der Waals surface area contributed by atoms with Crippen LogP contribution in [0.5, 0.6) is 11.5 Å². The van der Waals surface area contributed by atoms with Crippen LogP contribution in [0.25, 0.3) is 0 Å². The van der Waals surface area contributed by atoms with Gasteiger partial charge in [0.2, 0.25) is 0 Å². The largest absolute Gasteiger partial charge is 0.508 e. The standard InChI is InChI=1S/C31H48O2/c1-20-13-26(32)24(30(9,10)18-28(3,4)5)16-22(20)15-23-17-25(27(33)14-21(23)2)31(11,12)19-29(6,7)8/h13-14,16-17,32-33H,15,18-19H2,1-12H3. The van der Waals surface area contributed by atoms with Crippen molar-refractivity contribution in [2.75, 3.05) is 0 Å². The summed E-state index contributed by atoms with van der Waals surface area (Å²) >= 11 is 0. The van der Waals surface area contributed by atoms with Gasteiger partial charge in [-0.25, -0.2) is 0 Å². The van der Waals surface area contributed by atoms with E-state index >= 15 is 0 Å². The molecule has 0 fully saturated rings. The monoisotopic (exact) mass is 452 g/mol.